The van der Waals surface area contributed by atoms with Gasteiger partial charge in [-0.1, -0.05) is 152 Å². The van der Waals surface area contributed by atoms with Crippen molar-refractivity contribution >= 4 is 16.5 Å². The van der Waals surface area contributed by atoms with E-state index in [0.717, 1.165) is 38.7 Å². The molecule has 0 radical (unpaired) electrons. The molecule has 4 heteroatoms. The van der Waals surface area contributed by atoms with Crippen molar-refractivity contribution < 1.29 is 0 Å². The molecule has 226 valence electrons. The van der Waals surface area contributed by atoms with Crippen LogP contribution in [0.25, 0.3) is 56.1 Å². The van der Waals surface area contributed by atoms with Crippen molar-refractivity contribution in [2.24, 2.45) is 0 Å². The number of rotatable bonds is 5. The maximum absolute atomic E-state index is 6.53. The Balaban J connectivity index is 1.42. The number of nitrogens with two attached hydrogens (primary N) is 1. The third-order valence-electron chi connectivity index (χ3n) is 9.52. The zero-order chi connectivity index (χ0) is 32.1. The predicted molar refractivity (Wildman–Crippen MR) is 195 cm³/mol. The first kappa shape index (κ1) is 27.9. The van der Waals surface area contributed by atoms with Crippen molar-refractivity contribution in [2.75, 3.05) is 5.73 Å². The second-order valence-corrected chi connectivity index (χ2v) is 12.2. The smallest absolute Gasteiger partial charge is 0.164 e. The Bertz CT molecular complexity index is 2400. The van der Waals surface area contributed by atoms with Gasteiger partial charge in [0, 0.05) is 22.4 Å². The molecule has 0 aliphatic heterocycles. The molecule has 1 aromatic heterocycles. The van der Waals surface area contributed by atoms with Gasteiger partial charge >= 0.3 is 0 Å². The fourth-order valence-corrected chi connectivity index (χ4v) is 7.50. The van der Waals surface area contributed by atoms with Gasteiger partial charge in [-0.3, -0.25) is 0 Å². The first-order chi connectivity index (χ1) is 23.7. The average molecular weight is 615 g/mol. The Morgan fingerprint density at radius 2 is 0.938 bits per heavy atom. The van der Waals surface area contributed by atoms with Crippen LogP contribution in [0.2, 0.25) is 0 Å². The number of nitrogen functional groups attached to an aromatic ring is 1. The fraction of sp³-hybridized carbons (Fsp3) is 0.0227. The lowest BCUT2D eigenvalue weighted by molar-refractivity contribution is 0.769. The van der Waals surface area contributed by atoms with E-state index in [1.807, 2.05) is 66.7 Å². The first-order valence-electron chi connectivity index (χ1n) is 16.2. The van der Waals surface area contributed by atoms with Crippen molar-refractivity contribution in [3.8, 4) is 45.3 Å². The average Bonchev–Trinajstić information content (AvgIpc) is 3.46. The Labute approximate surface area is 279 Å². The molecular formula is C44H30N4. The number of benzene rings is 7. The molecule has 1 heterocycles. The van der Waals surface area contributed by atoms with Gasteiger partial charge < -0.3 is 5.73 Å². The summed E-state index contributed by atoms with van der Waals surface area (Å²) in [5.41, 5.74) is 16.6. The van der Waals surface area contributed by atoms with Crippen LogP contribution in [0.3, 0.4) is 0 Å². The molecule has 0 bridgehead atoms. The lowest BCUT2D eigenvalue weighted by Crippen LogP contribution is -2.28. The summed E-state index contributed by atoms with van der Waals surface area (Å²) in [5, 5.41) is 2.24. The predicted octanol–water partition coefficient (Wildman–Crippen LogP) is 9.97. The van der Waals surface area contributed by atoms with Gasteiger partial charge in [-0.15, -0.1) is 0 Å². The Morgan fingerprint density at radius 3 is 1.60 bits per heavy atom. The highest BCUT2D eigenvalue weighted by Crippen LogP contribution is 2.59. The van der Waals surface area contributed by atoms with Gasteiger partial charge in [0.15, 0.2) is 17.5 Å². The van der Waals surface area contributed by atoms with Crippen molar-refractivity contribution in [3.63, 3.8) is 0 Å². The van der Waals surface area contributed by atoms with E-state index in [-0.39, 0.29) is 0 Å². The highest BCUT2D eigenvalue weighted by molar-refractivity contribution is 6.09. The quantitative estimate of drug-likeness (QED) is 0.196. The van der Waals surface area contributed by atoms with Crippen LogP contribution in [0.15, 0.2) is 170 Å². The Morgan fingerprint density at radius 1 is 0.396 bits per heavy atom. The summed E-state index contributed by atoms with van der Waals surface area (Å²) in [5.74, 6) is 1.90. The van der Waals surface area contributed by atoms with E-state index in [1.54, 1.807) is 0 Å². The minimum absolute atomic E-state index is 0.626. The van der Waals surface area contributed by atoms with Gasteiger partial charge in [-0.25, -0.2) is 15.0 Å². The second-order valence-electron chi connectivity index (χ2n) is 12.2. The van der Waals surface area contributed by atoms with Crippen LogP contribution in [-0.4, -0.2) is 15.0 Å². The number of anilines is 1. The molecule has 2 N–H and O–H groups in total. The van der Waals surface area contributed by atoms with E-state index in [1.165, 1.54) is 27.8 Å². The van der Waals surface area contributed by atoms with E-state index in [4.69, 9.17) is 20.7 Å². The Kier molecular flexibility index (Phi) is 6.47. The topological polar surface area (TPSA) is 64.7 Å². The molecule has 1 aliphatic carbocycles. The molecule has 0 spiro atoms. The van der Waals surface area contributed by atoms with E-state index in [9.17, 15) is 0 Å². The fourth-order valence-electron chi connectivity index (χ4n) is 7.50. The number of nitrogens with zero attached hydrogens (tertiary/aromatic N) is 3. The van der Waals surface area contributed by atoms with Gasteiger partial charge in [0.2, 0.25) is 0 Å². The second kappa shape index (κ2) is 11.1. The number of fused-ring (bicyclic) bond motifs is 5. The van der Waals surface area contributed by atoms with Crippen molar-refractivity contribution in [1.29, 1.82) is 0 Å². The van der Waals surface area contributed by atoms with Crippen molar-refractivity contribution in [2.45, 2.75) is 5.41 Å². The van der Waals surface area contributed by atoms with Gasteiger partial charge in [0.25, 0.3) is 0 Å². The summed E-state index contributed by atoms with van der Waals surface area (Å²) < 4.78 is 0. The first-order valence-corrected chi connectivity index (χ1v) is 16.2. The molecule has 0 saturated heterocycles. The summed E-state index contributed by atoms with van der Waals surface area (Å²) in [4.78, 5) is 15.4. The number of hydrogen-bond acceptors (Lipinski definition) is 4. The maximum Gasteiger partial charge on any atom is 0.164 e. The summed E-state index contributed by atoms with van der Waals surface area (Å²) in [7, 11) is 0. The van der Waals surface area contributed by atoms with Gasteiger partial charge in [-0.05, 0) is 62.4 Å². The highest BCUT2D eigenvalue weighted by Gasteiger charge is 2.47. The van der Waals surface area contributed by atoms with Crippen molar-refractivity contribution in [1.82, 2.24) is 15.0 Å². The molecule has 0 saturated carbocycles. The molecule has 48 heavy (non-hydrogen) atoms. The van der Waals surface area contributed by atoms with Crippen LogP contribution in [-0.2, 0) is 5.41 Å². The van der Waals surface area contributed by atoms with Crippen LogP contribution in [0.5, 0.6) is 0 Å². The summed E-state index contributed by atoms with van der Waals surface area (Å²) in [6.07, 6.45) is 0. The lowest BCUT2D eigenvalue weighted by Gasteiger charge is -2.34. The Hall–Kier alpha value is -6.39. The molecule has 7 aromatic carbocycles. The maximum atomic E-state index is 6.53. The van der Waals surface area contributed by atoms with Crippen LogP contribution in [0.4, 0.5) is 5.69 Å². The van der Waals surface area contributed by atoms with Gasteiger partial charge in [0.05, 0.1) is 5.41 Å². The minimum Gasteiger partial charge on any atom is -0.399 e. The number of aromatic nitrogens is 3. The monoisotopic (exact) mass is 614 g/mol. The zero-order valence-corrected chi connectivity index (χ0v) is 26.1. The molecule has 1 aliphatic rings. The molecule has 8 aromatic rings. The third-order valence-corrected chi connectivity index (χ3v) is 9.52. The molecular weight excluding hydrogens is 585 g/mol. The van der Waals surface area contributed by atoms with Crippen molar-refractivity contribution in [3.05, 3.63) is 192 Å². The van der Waals surface area contributed by atoms with Crippen LogP contribution < -0.4 is 5.73 Å². The minimum atomic E-state index is -0.626. The van der Waals surface area contributed by atoms with Crippen LogP contribution in [0, 0.1) is 0 Å². The molecule has 9 rings (SSSR count). The highest BCUT2D eigenvalue weighted by atomic mass is 15.0. The molecule has 0 amide bonds. The van der Waals surface area contributed by atoms with Crippen LogP contribution >= 0.6 is 0 Å². The molecule has 1 atom stereocenters. The largest absolute Gasteiger partial charge is 0.399 e. The standard InChI is InChI=1S/C44H30N4/c45-33-22-14-21-32(27-33)44(31-19-8-3-9-20-31)38-26-13-12-25-36(38)40-35-24-11-10-23-34(35)37(28-39(40)44)43-47-41(29-15-4-1-5-16-29)46-42(48-43)30-17-6-2-7-18-30/h1-28H,45H2. The molecule has 0 fully saturated rings. The van der Waals surface area contributed by atoms with Gasteiger partial charge in [0.1, 0.15) is 0 Å². The number of hydrogen-bond donors (Lipinski definition) is 1. The normalized spacial score (nSPS) is 14.8. The molecule has 1 unspecified atom stereocenters. The summed E-state index contributed by atoms with van der Waals surface area (Å²) in [6, 6.07) is 59.1. The van der Waals surface area contributed by atoms with E-state index in [2.05, 4.69) is 103 Å². The van der Waals surface area contributed by atoms with E-state index >= 15 is 0 Å². The summed E-state index contributed by atoms with van der Waals surface area (Å²) in [6.45, 7) is 0. The van der Waals surface area contributed by atoms with Crippen LogP contribution in [0.1, 0.15) is 22.3 Å². The van der Waals surface area contributed by atoms with E-state index < -0.39 is 5.41 Å². The molecule has 4 nitrogen and oxygen atoms in total. The zero-order valence-electron chi connectivity index (χ0n) is 26.1. The lowest BCUT2D eigenvalue weighted by atomic mass is 9.67. The van der Waals surface area contributed by atoms with E-state index in [0.29, 0.717) is 17.5 Å². The SMILES string of the molecule is Nc1cccc(C2(c3ccccc3)c3ccccc3-c3c2cc(-c2nc(-c4ccccc4)nc(-c4ccccc4)n2)c2ccccc32)c1. The summed E-state index contributed by atoms with van der Waals surface area (Å²) >= 11 is 0. The van der Waals surface area contributed by atoms with Gasteiger partial charge in [-0.2, -0.15) is 0 Å². The third kappa shape index (κ3) is 4.27.